The van der Waals surface area contributed by atoms with Crippen LogP contribution in [0.15, 0.2) is 39.2 Å². The SMILES string of the molecule is Cc1ccc(C(=O)NN=Cc2cccs2)o1. The smallest absolute Gasteiger partial charge is 0.307 e. The van der Waals surface area contributed by atoms with Crippen molar-refractivity contribution in [1.29, 1.82) is 0 Å². The average Bonchev–Trinajstić information content (AvgIpc) is 2.89. The van der Waals surface area contributed by atoms with Crippen LogP contribution >= 0.6 is 11.3 Å². The minimum atomic E-state index is -0.346. The Balaban J connectivity index is 1.94. The fourth-order valence-electron chi connectivity index (χ4n) is 1.13. The summed E-state index contributed by atoms with van der Waals surface area (Å²) in [6, 6.07) is 7.18. The predicted octanol–water partition coefficient (Wildman–Crippen LogP) is 2.41. The maximum Gasteiger partial charge on any atom is 0.307 e. The van der Waals surface area contributed by atoms with E-state index in [1.165, 1.54) is 0 Å². The number of thiophene rings is 1. The Kier molecular flexibility index (Phi) is 3.16. The molecule has 0 spiro atoms. The van der Waals surface area contributed by atoms with Gasteiger partial charge in [0.15, 0.2) is 5.76 Å². The van der Waals surface area contributed by atoms with Crippen molar-refractivity contribution in [2.24, 2.45) is 5.10 Å². The number of carbonyl (C=O) groups excluding carboxylic acids is 1. The molecule has 0 fully saturated rings. The summed E-state index contributed by atoms with van der Waals surface area (Å²) in [4.78, 5) is 12.5. The first-order valence-corrected chi connectivity index (χ1v) is 5.57. The van der Waals surface area contributed by atoms with Crippen LogP contribution in [0.25, 0.3) is 0 Å². The highest BCUT2D eigenvalue weighted by Crippen LogP contribution is 2.06. The van der Waals surface area contributed by atoms with Crippen LogP contribution in [0.2, 0.25) is 0 Å². The highest BCUT2D eigenvalue weighted by molar-refractivity contribution is 7.11. The number of rotatable bonds is 3. The minimum Gasteiger partial charge on any atom is -0.456 e. The van der Waals surface area contributed by atoms with E-state index in [4.69, 9.17) is 4.42 Å². The molecule has 2 aromatic rings. The molecule has 0 aromatic carbocycles. The Morgan fingerprint density at radius 2 is 2.38 bits per heavy atom. The second-order valence-electron chi connectivity index (χ2n) is 3.12. The van der Waals surface area contributed by atoms with Gasteiger partial charge in [0.2, 0.25) is 0 Å². The molecule has 0 aliphatic heterocycles. The molecule has 2 heterocycles. The number of nitrogens with zero attached hydrogens (tertiary/aromatic N) is 1. The zero-order valence-electron chi connectivity index (χ0n) is 8.64. The molecule has 16 heavy (non-hydrogen) atoms. The fraction of sp³-hybridized carbons (Fsp3) is 0.0909. The lowest BCUT2D eigenvalue weighted by Gasteiger charge is -1.94. The van der Waals surface area contributed by atoms with Crippen LogP contribution < -0.4 is 5.43 Å². The van der Waals surface area contributed by atoms with Gasteiger partial charge in [-0.3, -0.25) is 4.79 Å². The van der Waals surface area contributed by atoms with E-state index in [0.29, 0.717) is 5.76 Å². The van der Waals surface area contributed by atoms with E-state index in [1.54, 1.807) is 36.6 Å². The van der Waals surface area contributed by atoms with Gasteiger partial charge in [0, 0.05) is 4.88 Å². The van der Waals surface area contributed by atoms with Crippen molar-refractivity contribution >= 4 is 23.5 Å². The van der Waals surface area contributed by atoms with Gasteiger partial charge in [-0.2, -0.15) is 5.10 Å². The van der Waals surface area contributed by atoms with Crippen LogP contribution in [0.5, 0.6) is 0 Å². The first-order chi connectivity index (χ1) is 7.75. The third kappa shape index (κ3) is 2.58. The molecule has 0 aliphatic rings. The van der Waals surface area contributed by atoms with Gasteiger partial charge >= 0.3 is 5.91 Å². The molecular weight excluding hydrogens is 224 g/mol. The Hall–Kier alpha value is -1.88. The number of hydrogen-bond acceptors (Lipinski definition) is 4. The first kappa shape index (κ1) is 10.6. The van der Waals surface area contributed by atoms with Gasteiger partial charge in [-0.1, -0.05) is 6.07 Å². The van der Waals surface area contributed by atoms with Gasteiger partial charge in [-0.15, -0.1) is 11.3 Å². The van der Waals surface area contributed by atoms with Gasteiger partial charge in [0.05, 0.1) is 6.21 Å². The molecule has 1 N–H and O–H groups in total. The van der Waals surface area contributed by atoms with Crippen LogP contribution in [0, 0.1) is 6.92 Å². The largest absolute Gasteiger partial charge is 0.456 e. The van der Waals surface area contributed by atoms with E-state index >= 15 is 0 Å². The van der Waals surface area contributed by atoms with E-state index in [1.807, 2.05) is 17.5 Å². The summed E-state index contributed by atoms with van der Waals surface area (Å²) in [5, 5.41) is 5.77. The van der Waals surface area contributed by atoms with Crippen molar-refractivity contribution < 1.29 is 9.21 Å². The predicted molar refractivity (Wildman–Crippen MR) is 62.8 cm³/mol. The molecule has 0 saturated heterocycles. The third-order valence-electron chi connectivity index (χ3n) is 1.87. The second-order valence-corrected chi connectivity index (χ2v) is 4.10. The Bertz CT molecular complexity index is 500. The summed E-state index contributed by atoms with van der Waals surface area (Å²) in [6.07, 6.45) is 1.60. The second kappa shape index (κ2) is 4.76. The number of carbonyl (C=O) groups is 1. The van der Waals surface area contributed by atoms with E-state index in [2.05, 4.69) is 10.5 Å². The quantitative estimate of drug-likeness (QED) is 0.655. The Morgan fingerprint density at radius 1 is 1.50 bits per heavy atom. The number of hydrogen-bond donors (Lipinski definition) is 1. The number of hydrazone groups is 1. The summed E-state index contributed by atoms with van der Waals surface area (Å²) < 4.78 is 5.15. The van der Waals surface area contributed by atoms with Crippen LogP contribution in [-0.4, -0.2) is 12.1 Å². The summed E-state index contributed by atoms with van der Waals surface area (Å²) in [7, 11) is 0. The van der Waals surface area contributed by atoms with Crippen LogP contribution in [0.3, 0.4) is 0 Å². The molecule has 82 valence electrons. The number of aryl methyl sites for hydroxylation is 1. The summed E-state index contributed by atoms with van der Waals surface area (Å²) in [5.74, 6) is 0.620. The van der Waals surface area contributed by atoms with Crippen LogP contribution in [0.4, 0.5) is 0 Å². The molecule has 5 heteroatoms. The molecule has 1 amide bonds. The Morgan fingerprint density at radius 3 is 3.00 bits per heavy atom. The average molecular weight is 234 g/mol. The van der Waals surface area contributed by atoms with Gasteiger partial charge < -0.3 is 4.42 Å². The van der Waals surface area contributed by atoms with Crippen LogP contribution in [-0.2, 0) is 0 Å². The molecule has 0 saturated carbocycles. The highest BCUT2D eigenvalue weighted by atomic mass is 32.1. The van der Waals surface area contributed by atoms with Gasteiger partial charge in [-0.05, 0) is 30.5 Å². The molecule has 0 radical (unpaired) electrons. The van der Waals surface area contributed by atoms with E-state index < -0.39 is 0 Å². The first-order valence-electron chi connectivity index (χ1n) is 4.69. The topological polar surface area (TPSA) is 54.6 Å². The molecule has 2 aromatic heterocycles. The molecule has 2 rings (SSSR count). The summed E-state index contributed by atoms with van der Waals surface area (Å²) >= 11 is 1.55. The standard InChI is InChI=1S/C11H10N2O2S/c1-8-4-5-10(15-8)11(14)13-12-7-9-3-2-6-16-9/h2-7H,1H3,(H,13,14). The Labute approximate surface area is 96.6 Å². The molecular formula is C11H10N2O2S. The van der Waals surface area contributed by atoms with Crippen LogP contribution in [0.1, 0.15) is 21.2 Å². The maximum atomic E-state index is 11.5. The lowest BCUT2D eigenvalue weighted by molar-refractivity contribution is 0.0926. The minimum absolute atomic E-state index is 0.265. The summed E-state index contributed by atoms with van der Waals surface area (Å²) in [5.41, 5.74) is 2.39. The van der Waals surface area contributed by atoms with Crippen molar-refractivity contribution in [1.82, 2.24) is 5.43 Å². The lowest BCUT2D eigenvalue weighted by atomic mass is 10.4. The van der Waals surface area contributed by atoms with Gasteiger partial charge in [0.25, 0.3) is 0 Å². The lowest BCUT2D eigenvalue weighted by Crippen LogP contribution is -2.16. The van der Waals surface area contributed by atoms with E-state index in [-0.39, 0.29) is 11.7 Å². The van der Waals surface area contributed by atoms with Crippen molar-refractivity contribution in [3.05, 3.63) is 46.0 Å². The van der Waals surface area contributed by atoms with E-state index in [9.17, 15) is 4.79 Å². The van der Waals surface area contributed by atoms with Crippen molar-refractivity contribution in [3.63, 3.8) is 0 Å². The molecule has 0 atom stereocenters. The maximum absolute atomic E-state index is 11.5. The third-order valence-corrected chi connectivity index (χ3v) is 2.67. The monoisotopic (exact) mass is 234 g/mol. The van der Waals surface area contributed by atoms with Crippen molar-refractivity contribution in [2.45, 2.75) is 6.92 Å². The number of nitrogens with one attached hydrogen (secondary N) is 1. The van der Waals surface area contributed by atoms with Crippen molar-refractivity contribution in [2.75, 3.05) is 0 Å². The van der Waals surface area contributed by atoms with Gasteiger partial charge in [-0.25, -0.2) is 5.43 Å². The molecule has 0 bridgehead atoms. The molecule has 0 unspecified atom stereocenters. The fourth-order valence-corrected chi connectivity index (χ4v) is 1.72. The van der Waals surface area contributed by atoms with Gasteiger partial charge in [0.1, 0.15) is 5.76 Å². The normalized spacial score (nSPS) is 10.8. The van der Waals surface area contributed by atoms with Crippen molar-refractivity contribution in [3.8, 4) is 0 Å². The summed E-state index contributed by atoms with van der Waals surface area (Å²) in [6.45, 7) is 1.78. The number of furan rings is 1. The zero-order chi connectivity index (χ0) is 11.4. The highest BCUT2D eigenvalue weighted by Gasteiger charge is 2.07. The number of amides is 1. The molecule has 0 aliphatic carbocycles. The van der Waals surface area contributed by atoms with E-state index in [0.717, 1.165) is 4.88 Å². The zero-order valence-corrected chi connectivity index (χ0v) is 9.45. The molecule has 4 nitrogen and oxygen atoms in total.